The summed E-state index contributed by atoms with van der Waals surface area (Å²) in [6.07, 6.45) is 0.886. The fraction of sp³-hybridized carbons (Fsp3) is 0.353. The van der Waals surface area contributed by atoms with E-state index in [1.165, 1.54) is 51.1 Å². The highest BCUT2D eigenvalue weighted by molar-refractivity contribution is 9.10. The van der Waals surface area contributed by atoms with Crippen LogP contribution in [0.15, 0.2) is 34.8 Å². The maximum atomic E-state index is 12.3. The number of hydrogen-bond acceptors (Lipinski definition) is 14. The number of phenols is 2. The van der Waals surface area contributed by atoms with E-state index in [1.54, 1.807) is 44.2 Å². The van der Waals surface area contributed by atoms with Crippen LogP contribution in [0.1, 0.15) is 58.9 Å². The highest BCUT2D eigenvalue weighted by Crippen LogP contribution is 2.43. The maximum absolute atomic E-state index is 12.3. The van der Waals surface area contributed by atoms with E-state index in [0.717, 1.165) is 24.1 Å². The first-order valence-electron chi connectivity index (χ1n) is 15.1. The van der Waals surface area contributed by atoms with Crippen LogP contribution >= 0.6 is 54.8 Å². The Morgan fingerprint density at radius 3 is 1.69 bits per heavy atom. The van der Waals surface area contributed by atoms with Crippen molar-refractivity contribution in [3.05, 3.63) is 44.6 Å². The number of imide groups is 1. The largest absolute Gasteiger partial charge is 0.504 e. The number of aromatic hydroxyl groups is 2. The summed E-state index contributed by atoms with van der Waals surface area (Å²) in [4.78, 5) is 69.2. The number of carbonyl (C=O) groups is 6. The van der Waals surface area contributed by atoms with Gasteiger partial charge in [0.05, 0.1) is 70.6 Å². The Morgan fingerprint density at radius 2 is 1.24 bits per heavy atom. The van der Waals surface area contributed by atoms with Gasteiger partial charge in [0.25, 0.3) is 0 Å². The summed E-state index contributed by atoms with van der Waals surface area (Å²) in [6.45, 7) is 3.31. The lowest BCUT2D eigenvalue weighted by Gasteiger charge is -2.06. The summed E-state index contributed by atoms with van der Waals surface area (Å²) in [7, 11) is 5.54. The standard InChI is InChI=1S/C15H15BrO5S.C15H16O5S.C4H4BrNO2/c1-7(15(19)21-3)4-9(17)12-5-8-11(22-12)6-10(20-2)14(18)13(8)16;1-8(15(18)20-3)4-11(17)14-6-9-5-10(16)12(19-2)7-13(9)21-14;5-6-3(7)1-2-4(6)8/h5-7,18H,4H2,1-3H3;5-8,16H,4H2,1-3H3;1-2H2/t7-;8-;/m00./s1. The highest BCUT2D eigenvalue weighted by atomic mass is 79.9. The fourth-order valence-electron chi connectivity index (χ4n) is 4.63. The summed E-state index contributed by atoms with van der Waals surface area (Å²) in [5.41, 5.74) is 0. The number of carbonyl (C=O) groups excluding carboxylic acids is 6. The van der Waals surface area contributed by atoms with E-state index in [4.69, 9.17) is 9.47 Å². The molecule has 13 nitrogen and oxygen atoms in total. The lowest BCUT2D eigenvalue weighted by atomic mass is 10.0. The number of thiophene rings is 2. The Balaban J connectivity index is 0.000000227. The number of methoxy groups -OCH3 is 4. The van der Waals surface area contributed by atoms with E-state index in [2.05, 4.69) is 41.6 Å². The number of benzene rings is 2. The molecule has 2 aromatic carbocycles. The van der Waals surface area contributed by atoms with Gasteiger partial charge in [0.2, 0.25) is 11.8 Å². The number of Topliss-reactive ketones (excluding diaryl/α,β-unsaturated/α-hetero) is 2. The van der Waals surface area contributed by atoms with Crippen molar-refractivity contribution in [2.24, 2.45) is 11.8 Å². The zero-order valence-corrected chi connectivity index (χ0v) is 33.2. The third-order valence-corrected chi connectivity index (χ3v) is 11.3. The monoisotopic (exact) mass is 871 g/mol. The summed E-state index contributed by atoms with van der Waals surface area (Å²) >= 11 is 8.72. The van der Waals surface area contributed by atoms with Crippen molar-refractivity contribution in [3.8, 4) is 23.0 Å². The van der Waals surface area contributed by atoms with Gasteiger partial charge < -0.3 is 29.2 Å². The quantitative estimate of drug-likeness (QED) is 0.0709. The first-order valence-corrected chi connectivity index (χ1v) is 18.2. The molecule has 1 aliphatic rings. The van der Waals surface area contributed by atoms with Crippen LogP contribution in [0, 0.1) is 11.8 Å². The van der Waals surface area contributed by atoms with Gasteiger partial charge in [-0.15, -0.1) is 22.7 Å². The minimum absolute atomic E-state index is 0.00488. The summed E-state index contributed by atoms with van der Waals surface area (Å²) in [5.74, 6) is -1.58. The minimum atomic E-state index is -0.492. The molecule has 0 aliphatic carbocycles. The average molecular weight is 874 g/mol. The molecule has 2 N–H and O–H groups in total. The van der Waals surface area contributed by atoms with Gasteiger partial charge in [-0.1, -0.05) is 13.8 Å². The Hall–Kier alpha value is -4.06. The number of phenolic OH excluding ortho intramolecular Hbond substituents is 2. The van der Waals surface area contributed by atoms with E-state index in [0.29, 0.717) is 38.6 Å². The molecule has 1 saturated heterocycles. The van der Waals surface area contributed by atoms with Gasteiger partial charge in [-0.05, 0) is 39.5 Å². The van der Waals surface area contributed by atoms with Gasteiger partial charge in [0, 0.05) is 52.6 Å². The van der Waals surface area contributed by atoms with Crippen molar-refractivity contribution < 1.29 is 57.9 Å². The SMILES string of the molecule is COC(=O)[C@@H](C)CC(=O)c1cc2c(Br)c(O)c(OC)cc2s1.COC(=O)[C@@H](C)CC(=O)c1cc2cc(O)c(OC)cc2s1.O=C1CCC(=O)N1Br. The maximum Gasteiger partial charge on any atom is 0.308 e. The number of hydrogen-bond donors (Lipinski definition) is 2. The first-order chi connectivity index (χ1) is 24.1. The third-order valence-electron chi connectivity index (χ3n) is 7.47. The summed E-state index contributed by atoms with van der Waals surface area (Å²) < 4.78 is 22.5. The Labute approximate surface area is 317 Å². The molecule has 1 fully saturated rings. The molecule has 0 radical (unpaired) electrons. The molecule has 0 saturated carbocycles. The predicted molar refractivity (Wildman–Crippen MR) is 198 cm³/mol. The number of esters is 2. The zero-order chi connectivity index (χ0) is 38.2. The number of rotatable bonds is 10. The van der Waals surface area contributed by atoms with E-state index in [-0.39, 0.29) is 47.7 Å². The second-order valence-corrected chi connectivity index (χ2v) is 14.8. The lowest BCUT2D eigenvalue weighted by Crippen LogP contribution is -2.16. The minimum Gasteiger partial charge on any atom is -0.504 e. The molecule has 5 rings (SSSR count). The average Bonchev–Trinajstić information content (AvgIpc) is 3.82. The summed E-state index contributed by atoms with van der Waals surface area (Å²) in [6, 6.07) is 8.35. The number of ether oxygens (including phenoxy) is 4. The van der Waals surface area contributed by atoms with Gasteiger partial charge in [-0.3, -0.25) is 28.8 Å². The topological polar surface area (TPSA) is 183 Å². The van der Waals surface area contributed by atoms with Gasteiger partial charge in [0.15, 0.2) is 34.6 Å². The molecule has 2 amide bonds. The van der Waals surface area contributed by atoms with Crippen LogP contribution in [0.5, 0.6) is 23.0 Å². The van der Waals surface area contributed by atoms with Crippen LogP contribution in [0.3, 0.4) is 0 Å². The molecule has 17 heteroatoms. The second kappa shape index (κ2) is 18.4. The molecular weight excluding hydrogens is 838 g/mol. The number of nitrogens with zero attached hydrogens (tertiary/aromatic N) is 1. The van der Waals surface area contributed by atoms with Crippen LogP contribution in [-0.2, 0) is 28.7 Å². The third kappa shape index (κ3) is 10.3. The lowest BCUT2D eigenvalue weighted by molar-refractivity contribution is -0.145. The second-order valence-electron chi connectivity index (χ2n) is 11.1. The Morgan fingerprint density at radius 1 is 0.765 bits per heavy atom. The number of halogens is 2. The molecule has 2 aromatic heterocycles. The fourth-order valence-corrected chi connectivity index (χ4v) is 7.71. The van der Waals surface area contributed by atoms with Crippen molar-refractivity contribution in [3.63, 3.8) is 0 Å². The van der Waals surface area contributed by atoms with Crippen LogP contribution in [0.2, 0.25) is 0 Å². The molecule has 2 atom stereocenters. The first kappa shape index (κ1) is 41.4. The molecule has 0 unspecified atom stereocenters. The molecular formula is C34H35Br2NO12S2. The molecule has 51 heavy (non-hydrogen) atoms. The van der Waals surface area contributed by atoms with Crippen molar-refractivity contribution in [1.29, 1.82) is 0 Å². The summed E-state index contributed by atoms with van der Waals surface area (Å²) in [5, 5.41) is 21.2. The van der Waals surface area contributed by atoms with Crippen molar-refractivity contribution in [2.45, 2.75) is 39.5 Å². The highest BCUT2D eigenvalue weighted by Gasteiger charge is 2.26. The number of ketones is 2. The molecule has 3 heterocycles. The normalized spacial score (nSPS) is 13.5. The van der Waals surface area contributed by atoms with Crippen molar-refractivity contribution in [1.82, 2.24) is 3.93 Å². The van der Waals surface area contributed by atoms with Gasteiger partial charge in [-0.25, -0.2) is 3.93 Å². The number of amides is 2. The number of fused-ring (bicyclic) bond motifs is 2. The zero-order valence-electron chi connectivity index (χ0n) is 28.4. The van der Waals surface area contributed by atoms with Crippen LogP contribution < -0.4 is 9.47 Å². The Kier molecular flexibility index (Phi) is 15.0. The van der Waals surface area contributed by atoms with E-state index in [9.17, 15) is 39.0 Å². The van der Waals surface area contributed by atoms with Crippen LogP contribution in [0.25, 0.3) is 20.2 Å². The molecule has 0 bridgehead atoms. The van der Waals surface area contributed by atoms with E-state index >= 15 is 0 Å². The van der Waals surface area contributed by atoms with Gasteiger partial charge in [-0.2, -0.15) is 0 Å². The molecule has 4 aromatic rings. The smallest absolute Gasteiger partial charge is 0.308 e. The molecule has 274 valence electrons. The molecule has 0 spiro atoms. The van der Waals surface area contributed by atoms with E-state index < -0.39 is 23.8 Å². The van der Waals surface area contributed by atoms with Gasteiger partial charge >= 0.3 is 11.9 Å². The van der Waals surface area contributed by atoms with E-state index in [1.807, 2.05) is 0 Å². The van der Waals surface area contributed by atoms with Crippen molar-refractivity contribution >= 4 is 110 Å². The predicted octanol–water partition coefficient (Wildman–Crippen LogP) is 7.20. The molecule has 1 aliphatic heterocycles. The van der Waals surface area contributed by atoms with Crippen LogP contribution in [0.4, 0.5) is 0 Å². The van der Waals surface area contributed by atoms with Gasteiger partial charge in [0.1, 0.15) is 0 Å². The Bertz CT molecular complexity index is 1960. The van der Waals surface area contributed by atoms with Crippen molar-refractivity contribution in [2.75, 3.05) is 28.4 Å². The van der Waals surface area contributed by atoms with Crippen LogP contribution in [-0.4, -0.2) is 77.9 Å².